The molecular weight excluding hydrogens is 224 g/mol. The third-order valence-electron chi connectivity index (χ3n) is 4.31. The number of aromatic nitrogens is 1. The Morgan fingerprint density at radius 3 is 2.56 bits per heavy atom. The van der Waals surface area contributed by atoms with Crippen LogP contribution in [-0.2, 0) is 5.54 Å². The monoisotopic (exact) mass is 248 g/mol. The average Bonchev–Trinajstić information content (AvgIpc) is 3.10. The van der Waals surface area contributed by atoms with Crippen molar-refractivity contribution in [2.75, 3.05) is 38.1 Å². The topological polar surface area (TPSA) is 45.4 Å². The van der Waals surface area contributed by atoms with E-state index < -0.39 is 0 Å². The van der Waals surface area contributed by atoms with Crippen LogP contribution in [0.15, 0.2) is 12.3 Å². The van der Waals surface area contributed by atoms with Gasteiger partial charge in [0.15, 0.2) is 0 Å². The van der Waals surface area contributed by atoms with Crippen molar-refractivity contribution in [2.24, 2.45) is 5.73 Å². The zero-order chi connectivity index (χ0) is 12.8. The maximum absolute atomic E-state index is 6.33. The number of hydrogen-bond donors (Lipinski definition) is 1. The molecule has 4 heteroatoms. The summed E-state index contributed by atoms with van der Waals surface area (Å²) in [5, 5.41) is 0. The van der Waals surface area contributed by atoms with E-state index in [9.17, 15) is 0 Å². The van der Waals surface area contributed by atoms with Crippen LogP contribution in [0.5, 0.6) is 0 Å². The van der Waals surface area contributed by atoms with Gasteiger partial charge in [-0.05, 0) is 44.0 Å². The lowest BCUT2D eigenvalue weighted by Crippen LogP contribution is -2.45. The number of likely N-dealkylation sites (N-methyl/N-ethyl adjacent to an activating group) is 1. The molecule has 0 radical (unpaired) electrons. The van der Waals surface area contributed by atoms with Crippen molar-refractivity contribution >= 4 is 5.82 Å². The Balaban J connectivity index is 0.00000133. The highest BCUT2D eigenvalue weighted by Crippen LogP contribution is 2.45. The molecule has 2 heterocycles. The summed E-state index contributed by atoms with van der Waals surface area (Å²) in [6.45, 7) is 6.51. The van der Waals surface area contributed by atoms with Gasteiger partial charge in [0.05, 0.1) is 0 Å². The molecule has 3 rings (SSSR count). The molecule has 1 saturated heterocycles. The standard InChI is InChI=1S/C14H22N4.H2/c1-11-12(14(15)4-5-14)3-6-16-13(11)18-9-7-17(2)8-10-18;/h3,6H,4-5,7-10,15H2,1-2H3;1H. The molecule has 0 bridgehead atoms. The van der Waals surface area contributed by atoms with Crippen LogP contribution in [0, 0.1) is 6.92 Å². The minimum absolute atomic E-state index is 0. The van der Waals surface area contributed by atoms with E-state index in [2.05, 4.69) is 34.8 Å². The van der Waals surface area contributed by atoms with Crippen LogP contribution in [0.3, 0.4) is 0 Å². The molecule has 1 aliphatic carbocycles. The maximum atomic E-state index is 6.33. The quantitative estimate of drug-likeness (QED) is 0.858. The Morgan fingerprint density at radius 1 is 1.28 bits per heavy atom. The van der Waals surface area contributed by atoms with Crippen molar-refractivity contribution in [3.8, 4) is 0 Å². The molecule has 0 amide bonds. The summed E-state index contributed by atoms with van der Waals surface area (Å²) in [5.41, 5.74) is 8.85. The van der Waals surface area contributed by atoms with E-state index in [0.29, 0.717) is 0 Å². The largest absolute Gasteiger partial charge is 0.354 e. The van der Waals surface area contributed by atoms with Gasteiger partial charge in [0.25, 0.3) is 0 Å². The van der Waals surface area contributed by atoms with Gasteiger partial charge < -0.3 is 15.5 Å². The molecule has 1 aliphatic heterocycles. The van der Waals surface area contributed by atoms with Crippen LogP contribution in [0.1, 0.15) is 25.4 Å². The van der Waals surface area contributed by atoms with E-state index in [1.807, 2.05) is 6.20 Å². The van der Waals surface area contributed by atoms with Crippen molar-refractivity contribution in [3.05, 3.63) is 23.4 Å². The number of hydrogen-bond acceptors (Lipinski definition) is 4. The zero-order valence-corrected chi connectivity index (χ0v) is 11.3. The van der Waals surface area contributed by atoms with E-state index in [-0.39, 0.29) is 6.97 Å². The number of anilines is 1. The Hall–Kier alpha value is -1.13. The van der Waals surface area contributed by atoms with Crippen LogP contribution >= 0.6 is 0 Å². The van der Waals surface area contributed by atoms with Crippen molar-refractivity contribution in [1.29, 1.82) is 0 Å². The van der Waals surface area contributed by atoms with Crippen molar-refractivity contribution < 1.29 is 1.43 Å². The lowest BCUT2D eigenvalue weighted by atomic mass is 10.0. The fraction of sp³-hybridized carbons (Fsp3) is 0.643. The third-order valence-corrected chi connectivity index (χ3v) is 4.31. The van der Waals surface area contributed by atoms with Crippen LogP contribution < -0.4 is 10.6 Å². The first-order valence-corrected chi connectivity index (χ1v) is 6.79. The van der Waals surface area contributed by atoms with E-state index >= 15 is 0 Å². The molecule has 1 saturated carbocycles. The summed E-state index contributed by atoms with van der Waals surface area (Å²) in [6.07, 6.45) is 4.14. The SMILES string of the molecule is Cc1c(C2(N)CC2)ccnc1N1CCN(C)CC1.[HH]. The molecule has 2 aliphatic rings. The fourth-order valence-electron chi connectivity index (χ4n) is 2.81. The number of rotatable bonds is 2. The van der Waals surface area contributed by atoms with Gasteiger partial charge >= 0.3 is 0 Å². The van der Waals surface area contributed by atoms with E-state index in [4.69, 9.17) is 5.73 Å². The highest BCUT2D eigenvalue weighted by atomic mass is 15.3. The Morgan fingerprint density at radius 2 is 1.94 bits per heavy atom. The summed E-state index contributed by atoms with van der Waals surface area (Å²) in [4.78, 5) is 9.34. The van der Waals surface area contributed by atoms with Gasteiger partial charge in [-0.2, -0.15) is 0 Å². The van der Waals surface area contributed by atoms with Gasteiger partial charge in [-0.1, -0.05) is 0 Å². The molecule has 0 aromatic carbocycles. The molecule has 1 aromatic rings. The highest BCUT2D eigenvalue weighted by Gasteiger charge is 2.41. The molecule has 2 fully saturated rings. The van der Waals surface area contributed by atoms with Gasteiger partial charge in [0.1, 0.15) is 5.82 Å². The second kappa shape index (κ2) is 4.21. The molecule has 1 aromatic heterocycles. The molecule has 4 nitrogen and oxygen atoms in total. The molecule has 2 N–H and O–H groups in total. The average molecular weight is 248 g/mol. The summed E-state index contributed by atoms with van der Waals surface area (Å²) < 4.78 is 0. The molecule has 100 valence electrons. The first-order valence-electron chi connectivity index (χ1n) is 6.79. The predicted octanol–water partition coefficient (Wildman–Crippen LogP) is 1.34. The first-order chi connectivity index (χ1) is 8.60. The number of piperazine rings is 1. The van der Waals surface area contributed by atoms with Crippen LogP contribution in [0.25, 0.3) is 0 Å². The Bertz CT molecular complexity index is 451. The van der Waals surface area contributed by atoms with Gasteiger partial charge in [-0.25, -0.2) is 4.98 Å². The second-order valence-electron chi connectivity index (χ2n) is 5.75. The highest BCUT2D eigenvalue weighted by molar-refractivity contribution is 5.53. The van der Waals surface area contributed by atoms with Gasteiger partial charge in [0.2, 0.25) is 0 Å². The number of nitrogens with zero attached hydrogens (tertiary/aromatic N) is 3. The molecule has 18 heavy (non-hydrogen) atoms. The van der Waals surface area contributed by atoms with Crippen LogP contribution in [-0.4, -0.2) is 43.1 Å². The Labute approximate surface area is 110 Å². The van der Waals surface area contributed by atoms with Gasteiger partial charge in [-0.15, -0.1) is 0 Å². The van der Waals surface area contributed by atoms with Crippen molar-refractivity contribution in [1.82, 2.24) is 9.88 Å². The van der Waals surface area contributed by atoms with Crippen LogP contribution in [0.2, 0.25) is 0 Å². The summed E-state index contributed by atoms with van der Waals surface area (Å²) in [6, 6.07) is 2.10. The smallest absolute Gasteiger partial charge is 0.131 e. The zero-order valence-electron chi connectivity index (χ0n) is 11.3. The van der Waals surface area contributed by atoms with Crippen LogP contribution in [0.4, 0.5) is 5.82 Å². The van der Waals surface area contributed by atoms with E-state index in [1.165, 1.54) is 11.1 Å². The predicted molar refractivity (Wildman–Crippen MR) is 75.9 cm³/mol. The molecule has 0 spiro atoms. The summed E-state index contributed by atoms with van der Waals surface area (Å²) in [5.74, 6) is 1.14. The minimum Gasteiger partial charge on any atom is -0.354 e. The lowest BCUT2D eigenvalue weighted by Gasteiger charge is -2.34. The molecule has 0 unspecified atom stereocenters. The Kier molecular flexibility index (Phi) is 2.79. The van der Waals surface area contributed by atoms with Gasteiger partial charge in [0, 0.05) is 39.3 Å². The lowest BCUT2D eigenvalue weighted by molar-refractivity contribution is 0.312. The van der Waals surface area contributed by atoms with Gasteiger partial charge in [-0.3, -0.25) is 0 Å². The number of pyridine rings is 1. The van der Waals surface area contributed by atoms with Crippen molar-refractivity contribution in [3.63, 3.8) is 0 Å². The normalized spacial score (nSPS) is 23.2. The number of nitrogens with two attached hydrogens (primary N) is 1. The van der Waals surface area contributed by atoms with E-state index in [0.717, 1.165) is 44.8 Å². The third kappa shape index (κ3) is 1.99. The fourth-order valence-corrected chi connectivity index (χ4v) is 2.81. The molecule has 0 atom stereocenters. The maximum Gasteiger partial charge on any atom is 0.131 e. The van der Waals surface area contributed by atoms with Crippen molar-refractivity contribution in [2.45, 2.75) is 25.3 Å². The van der Waals surface area contributed by atoms with E-state index in [1.54, 1.807) is 0 Å². The second-order valence-corrected chi connectivity index (χ2v) is 5.75. The summed E-state index contributed by atoms with van der Waals surface area (Å²) in [7, 11) is 2.17. The molecular formula is C14H24N4. The minimum atomic E-state index is -0.0612. The summed E-state index contributed by atoms with van der Waals surface area (Å²) >= 11 is 0. The first kappa shape index (κ1) is 11.9.